The lowest BCUT2D eigenvalue weighted by Crippen LogP contribution is -2.03. The zero-order valence-electron chi connectivity index (χ0n) is 15.3. The SMILES string of the molecule is Cn1c(CS(=O)c2ccc(F)c(F)c2)cc2c(Cn3ccnc3)c(O)c(Br)cc21. The van der Waals surface area contributed by atoms with Crippen molar-refractivity contribution in [1.82, 2.24) is 14.1 Å². The molecule has 4 rings (SSSR count). The number of nitrogens with zero attached hydrogens (tertiary/aromatic N) is 3. The molecule has 0 amide bonds. The number of benzene rings is 2. The van der Waals surface area contributed by atoms with E-state index in [1.54, 1.807) is 24.8 Å². The van der Waals surface area contributed by atoms with E-state index >= 15 is 0 Å². The first-order valence-electron chi connectivity index (χ1n) is 8.63. The molecule has 0 bridgehead atoms. The van der Waals surface area contributed by atoms with Gasteiger partial charge in [0.15, 0.2) is 11.6 Å². The van der Waals surface area contributed by atoms with Crippen LogP contribution in [-0.2, 0) is 30.1 Å². The smallest absolute Gasteiger partial charge is 0.160 e. The number of phenolic OH excluding ortho intramolecular Hbond substituents is 1. The molecule has 2 aromatic heterocycles. The van der Waals surface area contributed by atoms with Crippen LogP contribution >= 0.6 is 15.9 Å². The second kappa shape index (κ2) is 7.72. The van der Waals surface area contributed by atoms with Gasteiger partial charge in [0.1, 0.15) is 5.75 Å². The first-order chi connectivity index (χ1) is 13.8. The van der Waals surface area contributed by atoms with Crippen molar-refractivity contribution in [2.75, 3.05) is 0 Å². The van der Waals surface area contributed by atoms with Crippen molar-refractivity contribution in [1.29, 1.82) is 0 Å². The largest absolute Gasteiger partial charge is 0.506 e. The number of rotatable bonds is 5. The van der Waals surface area contributed by atoms with Gasteiger partial charge < -0.3 is 14.2 Å². The van der Waals surface area contributed by atoms with Gasteiger partial charge in [-0.2, -0.15) is 0 Å². The molecular formula is C20H16BrF2N3O2S. The zero-order chi connectivity index (χ0) is 20.7. The predicted octanol–water partition coefficient (Wildman–Crippen LogP) is 4.48. The number of phenols is 1. The number of fused-ring (bicyclic) bond motifs is 1. The Morgan fingerprint density at radius 1 is 1.21 bits per heavy atom. The molecule has 150 valence electrons. The number of aromatic hydroxyl groups is 1. The molecule has 9 heteroatoms. The highest BCUT2D eigenvalue weighted by Gasteiger charge is 2.18. The van der Waals surface area contributed by atoms with Gasteiger partial charge in [0, 0.05) is 46.5 Å². The van der Waals surface area contributed by atoms with Crippen LogP contribution in [0.15, 0.2) is 58.4 Å². The van der Waals surface area contributed by atoms with Crippen molar-refractivity contribution in [3.63, 3.8) is 0 Å². The molecule has 0 fully saturated rings. The second-order valence-corrected chi connectivity index (χ2v) is 8.92. The van der Waals surface area contributed by atoms with Gasteiger partial charge >= 0.3 is 0 Å². The third kappa shape index (κ3) is 3.72. The molecule has 2 heterocycles. The zero-order valence-corrected chi connectivity index (χ0v) is 17.7. The van der Waals surface area contributed by atoms with E-state index in [4.69, 9.17) is 0 Å². The van der Waals surface area contributed by atoms with Gasteiger partial charge in [-0.25, -0.2) is 13.8 Å². The average molecular weight is 480 g/mol. The molecule has 0 aliphatic carbocycles. The minimum absolute atomic E-state index is 0.124. The summed E-state index contributed by atoms with van der Waals surface area (Å²) >= 11 is 3.39. The quantitative estimate of drug-likeness (QED) is 0.459. The minimum Gasteiger partial charge on any atom is -0.506 e. The first kappa shape index (κ1) is 19.8. The van der Waals surface area contributed by atoms with E-state index in [0.29, 0.717) is 16.6 Å². The van der Waals surface area contributed by atoms with Crippen molar-refractivity contribution in [2.45, 2.75) is 17.2 Å². The van der Waals surface area contributed by atoms with Gasteiger partial charge in [0.05, 0.1) is 33.9 Å². The van der Waals surface area contributed by atoms with Crippen LogP contribution < -0.4 is 0 Å². The summed E-state index contributed by atoms with van der Waals surface area (Å²) in [7, 11) is 0.282. The van der Waals surface area contributed by atoms with Crippen LogP contribution in [-0.4, -0.2) is 23.4 Å². The summed E-state index contributed by atoms with van der Waals surface area (Å²) in [6.07, 6.45) is 5.12. The van der Waals surface area contributed by atoms with Crippen LogP contribution in [0.5, 0.6) is 5.75 Å². The van der Waals surface area contributed by atoms with Gasteiger partial charge in [-0.15, -0.1) is 0 Å². The molecule has 0 aliphatic heterocycles. The van der Waals surface area contributed by atoms with E-state index in [2.05, 4.69) is 20.9 Å². The third-order valence-electron chi connectivity index (χ3n) is 4.81. The maximum atomic E-state index is 13.5. The Morgan fingerprint density at radius 3 is 2.69 bits per heavy atom. The normalized spacial score (nSPS) is 12.6. The maximum absolute atomic E-state index is 13.5. The lowest BCUT2D eigenvalue weighted by Gasteiger charge is -2.10. The molecular weight excluding hydrogens is 464 g/mol. The maximum Gasteiger partial charge on any atom is 0.160 e. The Labute approximate surface area is 176 Å². The topological polar surface area (TPSA) is 60.0 Å². The van der Waals surface area contributed by atoms with Crippen molar-refractivity contribution in [3.8, 4) is 5.75 Å². The fourth-order valence-electron chi connectivity index (χ4n) is 3.25. The summed E-state index contributed by atoms with van der Waals surface area (Å²) in [6, 6.07) is 6.92. The Balaban J connectivity index is 1.75. The summed E-state index contributed by atoms with van der Waals surface area (Å²) in [4.78, 5) is 4.25. The Bertz CT molecular complexity index is 1240. The van der Waals surface area contributed by atoms with Crippen LogP contribution in [0.4, 0.5) is 8.78 Å². The van der Waals surface area contributed by atoms with E-state index in [9.17, 15) is 18.1 Å². The van der Waals surface area contributed by atoms with Gasteiger partial charge in [0.2, 0.25) is 0 Å². The van der Waals surface area contributed by atoms with Gasteiger partial charge in [-0.3, -0.25) is 4.21 Å². The fraction of sp³-hybridized carbons (Fsp3) is 0.150. The van der Waals surface area contributed by atoms with Crippen molar-refractivity contribution < 1.29 is 18.1 Å². The molecule has 1 unspecified atom stereocenters. The number of aryl methyl sites for hydroxylation is 1. The lowest BCUT2D eigenvalue weighted by atomic mass is 10.1. The Kier molecular flexibility index (Phi) is 5.26. The summed E-state index contributed by atoms with van der Waals surface area (Å²) < 4.78 is 43.6. The van der Waals surface area contributed by atoms with Crippen LogP contribution in [0.2, 0.25) is 0 Å². The molecule has 0 radical (unpaired) electrons. The molecule has 1 N–H and O–H groups in total. The Hall–Kier alpha value is -2.52. The molecule has 29 heavy (non-hydrogen) atoms. The molecule has 4 aromatic rings. The highest BCUT2D eigenvalue weighted by molar-refractivity contribution is 9.10. The van der Waals surface area contributed by atoms with E-state index < -0.39 is 22.4 Å². The molecule has 0 aliphatic rings. The van der Waals surface area contributed by atoms with E-state index in [1.807, 2.05) is 22.2 Å². The van der Waals surface area contributed by atoms with Crippen LogP contribution in [0, 0.1) is 11.6 Å². The number of hydrogen-bond acceptors (Lipinski definition) is 3. The molecule has 0 saturated carbocycles. The van der Waals surface area contributed by atoms with E-state index in [-0.39, 0.29) is 16.4 Å². The Morgan fingerprint density at radius 2 is 2.00 bits per heavy atom. The van der Waals surface area contributed by atoms with E-state index in [1.165, 1.54) is 6.07 Å². The number of hydrogen-bond donors (Lipinski definition) is 1. The van der Waals surface area contributed by atoms with Crippen LogP contribution in [0.1, 0.15) is 11.3 Å². The van der Waals surface area contributed by atoms with Crippen LogP contribution in [0.3, 0.4) is 0 Å². The monoisotopic (exact) mass is 479 g/mol. The average Bonchev–Trinajstić information content (AvgIpc) is 3.30. The second-order valence-electron chi connectivity index (χ2n) is 6.61. The molecule has 5 nitrogen and oxygen atoms in total. The van der Waals surface area contributed by atoms with Gasteiger partial charge in [-0.05, 0) is 46.3 Å². The predicted molar refractivity (Wildman–Crippen MR) is 110 cm³/mol. The first-order valence-corrected chi connectivity index (χ1v) is 10.7. The van der Waals surface area contributed by atoms with Gasteiger partial charge in [-0.1, -0.05) is 0 Å². The number of imidazole rings is 1. The standard InChI is InChI=1S/C20H16BrF2N3O2S/c1-25-12(10-29(28)13-2-3-17(22)18(23)7-13)6-14-15(9-26-5-4-24-11-26)20(27)16(21)8-19(14)25/h2-8,11,27H,9-10H2,1H3. The molecule has 1 atom stereocenters. The summed E-state index contributed by atoms with van der Waals surface area (Å²) in [5.41, 5.74) is 2.29. The van der Waals surface area contributed by atoms with E-state index in [0.717, 1.165) is 28.7 Å². The summed E-state index contributed by atoms with van der Waals surface area (Å²) in [5, 5.41) is 11.4. The highest BCUT2D eigenvalue weighted by atomic mass is 79.9. The number of aromatic nitrogens is 3. The number of halogens is 3. The fourth-order valence-corrected chi connectivity index (χ4v) is 4.87. The molecule has 0 saturated heterocycles. The summed E-state index contributed by atoms with van der Waals surface area (Å²) in [6.45, 7) is 0.414. The third-order valence-corrected chi connectivity index (χ3v) is 6.75. The summed E-state index contributed by atoms with van der Waals surface area (Å²) in [5.74, 6) is -1.74. The van der Waals surface area contributed by atoms with Crippen LogP contribution in [0.25, 0.3) is 10.9 Å². The van der Waals surface area contributed by atoms with Crippen molar-refractivity contribution in [2.24, 2.45) is 7.05 Å². The lowest BCUT2D eigenvalue weighted by molar-refractivity contribution is 0.464. The van der Waals surface area contributed by atoms with Crippen molar-refractivity contribution in [3.05, 3.63) is 76.4 Å². The minimum atomic E-state index is -1.56. The van der Waals surface area contributed by atoms with Gasteiger partial charge in [0.25, 0.3) is 0 Å². The van der Waals surface area contributed by atoms with Crippen molar-refractivity contribution >= 4 is 37.6 Å². The highest BCUT2D eigenvalue weighted by Crippen LogP contribution is 2.37. The molecule has 2 aromatic carbocycles. The molecule has 0 spiro atoms.